The summed E-state index contributed by atoms with van der Waals surface area (Å²) in [6.07, 6.45) is -1.73. The van der Waals surface area contributed by atoms with E-state index in [1.54, 1.807) is 25.1 Å². The molecule has 1 atom stereocenters. The lowest BCUT2D eigenvalue weighted by Crippen LogP contribution is -2.30. The highest BCUT2D eigenvalue weighted by Crippen LogP contribution is 2.25. The van der Waals surface area contributed by atoms with Crippen molar-refractivity contribution >= 4 is 52.5 Å². The summed E-state index contributed by atoms with van der Waals surface area (Å²) in [5, 5.41) is 5.73. The van der Waals surface area contributed by atoms with Crippen molar-refractivity contribution < 1.29 is 23.9 Å². The molecule has 0 radical (unpaired) electrons. The SMILES string of the molecule is CCOC(=O)Nc1cccc(C(=O)OC(C)C(=O)Nc2cc(Cl)ccc2Cl)c1. The van der Waals surface area contributed by atoms with Crippen molar-refractivity contribution in [3.05, 3.63) is 58.1 Å². The van der Waals surface area contributed by atoms with Gasteiger partial charge in [0.05, 0.1) is 22.9 Å². The molecule has 0 aliphatic carbocycles. The number of anilines is 2. The maximum atomic E-state index is 12.3. The fourth-order valence-electron chi connectivity index (χ4n) is 2.12. The van der Waals surface area contributed by atoms with Gasteiger partial charge in [0.1, 0.15) is 0 Å². The van der Waals surface area contributed by atoms with Gasteiger partial charge >= 0.3 is 12.1 Å². The zero-order chi connectivity index (χ0) is 20.7. The van der Waals surface area contributed by atoms with Crippen LogP contribution in [0.4, 0.5) is 16.2 Å². The van der Waals surface area contributed by atoms with Crippen LogP contribution in [0.5, 0.6) is 0 Å². The molecule has 9 heteroatoms. The van der Waals surface area contributed by atoms with E-state index in [-0.39, 0.29) is 12.2 Å². The second-order valence-electron chi connectivity index (χ2n) is 5.59. The molecule has 2 rings (SSSR count). The third-order valence-corrected chi connectivity index (χ3v) is 4.02. The smallest absolute Gasteiger partial charge is 0.411 e. The Morgan fingerprint density at radius 2 is 1.82 bits per heavy atom. The molecule has 0 aromatic heterocycles. The molecule has 0 saturated carbocycles. The Morgan fingerprint density at radius 1 is 1.07 bits per heavy atom. The summed E-state index contributed by atoms with van der Waals surface area (Å²) in [5.74, 6) is -1.30. The van der Waals surface area contributed by atoms with Gasteiger partial charge in [-0.1, -0.05) is 29.3 Å². The molecule has 0 aliphatic heterocycles. The van der Waals surface area contributed by atoms with E-state index in [2.05, 4.69) is 10.6 Å². The number of halogens is 2. The zero-order valence-electron chi connectivity index (χ0n) is 15.1. The molecule has 0 bridgehead atoms. The number of esters is 1. The van der Waals surface area contributed by atoms with Crippen molar-refractivity contribution in [1.82, 2.24) is 0 Å². The first-order chi connectivity index (χ1) is 13.3. The van der Waals surface area contributed by atoms with E-state index < -0.39 is 24.1 Å². The van der Waals surface area contributed by atoms with Crippen molar-refractivity contribution in [2.24, 2.45) is 0 Å². The monoisotopic (exact) mass is 424 g/mol. The summed E-state index contributed by atoms with van der Waals surface area (Å²) in [4.78, 5) is 36.0. The molecular weight excluding hydrogens is 407 g/mol. The molecule has 0 aliphatic rings. The highest BCUT2D eigenvalue weighted by Gasteiger charge is 2.20. The molecule has 0 spiro atoms. The Kier molecular flexibility index (Phi) is 7.66. The molecule has 0 saturated heterocycles. The third-order valence-electron chi connectivity index (χ3n) is 3.46. The van der Waals surface area contributed by atoms with E-state index in [0.29, 0.717) is 21.4 Å². The van der Waals surface area contributed by atoms with Gasteiger partial charge in [-0.05, 0) is 50.2 Å². The molecule has 2 amide bonds. The molecule has 28 heavy (non-hydrogen) atoms. The normalized spacial score (nSPS) is 11.3. The second kappa shape index (κ2) is 9.96. The van der Waals surface area contributed by atoms with Crippen molar-refractivity contribution in [3.8, 4) is 0 Å². The number of benzene rings is 2. The van der Waals surface area contributed by atoms with Crippen LogP contribution >= 0.6 is 23.2 Å². The van der Waals surface area contributed by atoms with Crippen LogP contribution in [0, 0.1) is 0 Å². The molecule has 2 aromatic rings. The Bertz CT molecular complexity index is 888. The number of nitrogens with one attached hydrogen (secondary N) is 2. The summed E-state index contributed by atoms with van der Waals surface area (Å²) >= 11 is 11.9. The predicted octanol–water partition coefficient (Wildman–Crippen LogP) is 4.75. The maximum Gasteiger partial charge on any atom is 0.411 e. The molecule has 148 valence electrons. The number of hydrogen-bond donors (Lipinski definition) is 2. The summed E-state index contributed by atoms with van der Waals surface area (Å²) < 4.78 is 9.95. The number of carbonyl (C=O) groups is 3. The lowest BCUT2D eigenvalue weighted by molar-refractivity contribution is -0.123. The Morgan fingerprint density at radius 3 is 2.54 bits per heavy atom. The molecule has 0 heterocycles. The molecule has 1 unspecified atom stereocenters. The second-order valence-corrected chi connectivity index (χ2v) is 6.43. The summed E-state index contributed by atoms with van der Waals surface area (Å²) in [7, 11) is 0. The van der Waals surface area contributed by atoms with Crippen LogP contribution in [0.1, 0.15) is 24.2 Å². The number of rotatable bonds is 6. The zero-order valence-corrected chi connectivity index (χ0v) is 16.6. The van der Waals surface area contributed by atoms with E-state index in [4.69, 9.17) is 32.7 Å². The van der Waals surface area contributed by atoms with Crippen molar-refractivity contribution in [2.75, 3.05) is 17.2 Å². The Hall–Kier alpha value is -2.77. The van der Waals surface area contributed by atoms with Gasteiger partial charge in [-0.15, -0.1) is 0 Å². The van der Waals surface area contributed by atoms with Crippen molar-refractivity contribution in [1.29, 1.82) is 0 Å². The average Bonchev–Trinajstić information content (AvgIpc) is 2.65. The van der Waals surface area contributed by atoms with Crippen molar-refractivity contribution in [3.63, 3.8) is 0 Å². The Balaban J connectivity index is 2.00. The molecule has 7 nitrogen and oxygen atoms in total. The highest BCUT2D eigenvalue weighted by molar-refractivity contribution is 6.35. The van der Waals surface area contributed by atoms with Crippen LogP contribution < -0.4 is 10.6 Å². The molecule has 2 N–H and O–H groups in total. The van der Waals surface area contributed by atoms with E-state index >= 15 is 0 Å². The predicted molar refractivity (Wildman–Crippen MR) is 107 cm³/mol. The van der Waals surface area contributed by atoms with Gasteiger partial charge in [0, 0.05) is 10.7 Å². The summed E-state index contributed by atoms with van der Waals surface area (Å²) in [5.41, 5.74) is 0.827. The molecule has 0 fully saturated rings. The lowest BCUT2D eigenvalue weighted by Gasteiger charge is -2.15. The number of carbonyl (C=O) groups excluding carboxylic acids is 3. The quantitative estimate of drug-likeness (QED) is 0.652. The minimum absolute atomic E-state index is 0.162. The average molecular weight is 425 g/mol. The number of amides is 2. The van der Waals surface area contributed by atoms with E-state index in [1.807, 2.05) is 0 Å². The van der Waals surface area contributed by atoms with Crippen LogP contribution in [0.15, 0.2) is 42.5 Å². The lowest BCUT2D eigenvalue weighted by atomic mass is 10.2. The maximum absolute atomic E-state index is 12.3. The number of hydrogen-bond acceptors (Lipinski definition) is 5. The van der Waals surface area contributed by atoms with Gasteiger partial charge in [-0.2, -0.15) is 0 Å². The minimum Gasteiger partial charge on any atom is -0.450 e. The van der Waals surface area contributed by atoms with Gasteiger partial charge in [0.2, 0.25) is 0 Å². The first-order valence-corrected chi connectivity index (χ1v) is 9.06. The molecular formula is C19H18Cl2N2O5. The molecule has 2 aromatic carbocycles. The number of ether oxygens (including phenoxy) is 2. The van der Waals surface area contributed by atoms with E-state index in [1.165, 1.54) is 31.2 Å². The summed E-state index contributed by atoms with van der Waals surface area (Å²) in [6, 6.07) is 10.7. The van der Waals surface area contributed by atoms with Crippen LogP contribution in [0.3, 0.4) is 0 Å². The fraction of sp³-hybridized carbons (Fsp3) is 0.211. The minimum atomic E-state index is -1.09. The largest absolute Gasteiger partial charge is 0.450 e. The summed E-state index contributed by atoms with van der Waals surface area (Å²) in [6.45, 7) is 3.32. The van der Waals surface area contributed by atoms with E-state index in [0.717, 1.165) is 0 Å². The van der Waals surface area contributed by atoms with Crippen LogP contribution in [0.25, 0.3) is 0 Å². The van der Waals surface area contributed by atoms with Crippen LogP contribution in [0.2, 0.25) is 10.0 Å². The third kappa shape index (κ3) is 6.14. The van der Waals surface area contributed by atoms with Crippen LogP contribution in [-0.4, -0.2) is 30.7 Å². The first-order valence-electron chi connectivity index (χ1n) is 8.31. The van der Waals surface area contributed by atoms with Crippen molar-refractivity contribution in [2.45, 2.75) is 20.0 Å². The Labute approximate surface area is 171 Å². The van der Waals surface area contributed by atoms with Gasteiger partial charge in [-0.25, -0.2) is 9.59 Å². The first kappa shape index (κ1) is 21.5. The van der Waals surface area contributed by atoms with Gasteiger partial charge in [0.25, 0.3) is 5.91 Å². The van der Waals surface area contributed by atoms with Crippen LogP contribution in [-0.2, 0) is 14.3 Å². The van der Waals surface area contributed by atoms with E-state index in [9.17, 15) is 14.4 Å². The van der Waals surface area contributed by atoms with Gasteiger partial charge < -0.3 is 14.8 Å². The van der Waals surface area contributed by atoms with Gasteiger partial charge in [-0.3, -0.25) is 10.1 Å². The standard InChI is InChI=1S/C19H18Cl2N2O5/c1-3-27-19(26)22-14-6-4-5-12(9-14)18(25)28-11(2)17(24)23-16-10-13(20)7-8-15(16)21/h4-11H,3H2,1-2H3,(H,22,26)(H,23,24). The fourth-order valence-corrected chi connectivity index (χ4v) is 2.46. The topological polar surface area (TPSA) is 93.7 Å². The highest BCUT2D eigenvalue weighted by atomic mass is 35.5. The van der Waals surface area contributed by atoms with Gasteiger partial charge in [0.15, 0.2) is 6.10 Å².